The monoisotopic (exact) mass is 398 g/mol. The lowest BCUT2D eigenvalue weighted by Gasteiger charge is -2.45. The minimum atomic E-state index is -1.11. The molecule has 8 heteroatoms. The van der Waals surface area contributed by atoms with Crippen LogP contribution in [-0.2, 0) is 23.8 Å². The van der Waals surface area contributed by atoms with E-state index in [9.17, 15) is 14.7 Å². The van der Waals surface area contributed by atoms with Crippen LogP contribution in [0.25, 0.3) is 0 Å². The maximum absolute atomic E-state index is 12.8. The number of nitrogens with one attached hydrogen (secondary N) is 2. The lowest BCUT2D eigenvalue weighted by Crippen LogP contribution is -2.62. The molecule has 2 unspecified atom stereocenters. The number of allylic oxidation sites excluding steroid dienone is 1. The van der Waals surface area contributed by atoms with Crippen molar-refractivity contribution in [3.63, 3.8) is 0 Å². The van der Waals surface area contributed by atoms with E-state index in [1.807, 2.05) is 26.8 Å². The maximum Gasteiger partial charge on any atom is 0.252 e. The molecule has 2 aliphatic heterocycles. The Bertz CT molecular complexity index is 598. The number of piperidine rings is 1. The van der Waals surface area contributed by atoms with Gasteiger partial charge < -0.3 is 30.0 Å². The van der Waals surface area contributed by atoms with Crippen molar-refractivity contribution in [1.82, 2.24) is 10.6 Å². The van der Waals surface area contributed by atoms with Gasteiger partial charge in [-0.05, 0) is 32.1 Å². The van der Waals surface area contributed by atoms with Crippen molar-refractivity contribution in [1.29, 1.82) is 0 Å². The van der Waals surface area contributed by atoms with E-state index < -0.39 is 42.2 Å². The molecule has 0 bridgehead atoms. The minimum Gasteiger partial charge on any atom is -0.387 e. The normalized spacial score (nSPS) is 32.0. The fourth-order valence-corrected chi connectivity index (χ4v) is 3.34. The first-order valence-corrected chi connectivity index (χ1v) is 9.77. The molecule has 0 spiro atoms. The van der Waals surface area contributed by atoms with Crippen LogP contribution in [0, 0.1) is 5.41 Å². The predicted molar refractivity (Wildman–Crippen MR) is 103 cm³/mol. The molecule has 0 aromatic carbocycles. The third kappa shape index (κ3) is 6.01. The Balaban J connectivity index is 2.16. The molecule has 160 valence electrons. The van der Waals surface area contributed by atoms with Gasteiger partial charge in [-0.15, -0.1) is 0 Å². The Morgan fingerprint density at radius 2 is 2.07 bits per heavy atom. The molecule has 2 saturated heterocycles. The zero-order chi connectivity index (χ0) is 21.1. The van der Waals surface area contributed by atoms with Crippen LogP contribution in [-0.4, -0.2) is 66.8 Å². The van der Waals surface area contributed by atoms with E-state index in [-0.39, 0.29) is 11.3 Å². The number of aliphatic hydroxyl groups is 1. The molecule has 0 aliphatic carbocycles. The molecule has 28 heavy (non-hydrogen) atoms. The number of hydrogen-bond donors (Lipinski definition) is 3. The van der Waals surface area contributed by atoms with E-state index in [1.165, 1.54) is 7.11 Å². The van der Waals surface area contributed by atoms with Gasteiger partial charge in [-0.3, -0.25) is 9.59 Å². The van der Waals surface area contributed by atoms with Gasteiger partial charge in [-0.25, -0.2) is 0 Å². The van der Waals surface area contributed by atoms with Gasteiger partial charge in [0.25, 0.3) is 5.91 Å². The summed E-state index contributed by atoms with van der Waals surface area (Å²) in [5.74, 6) is -1.73. The molecule has 2 amide bonds. The lowest BCUT2D eigenvalue weighted by molar-refractivity contribution is -0.334. The number of ether oxygens (including phenoxy) is 3. The van der Waals surface area contributed by atoms with Crippen molar-refractivity contribution < 1.29 is 28.9 Å². The van der Waals surface area contributed by atoms with E-state index in [0.29, 0.717) is 13.0 Å². The van der Waals surface area contributed by atoms with E-state index in [1.54, 1.807) is 19.9 Å². The molecule has 0 radical (unpaired) electrons. The zero-order valence-corrected chi connectivity index (χ0v) is 17.7. The second-order valence-electron chi connectivity index (χ2n) is 8.93. The largest absolute Gasteiger partial charge is 0.387 e. The van der Waals surface area contributed by atoms with Crippen LogP contribution in [0.2, 0.25) is 0 Å². The summed E-state index contributed by atoms with van der Waals surface area (Å²) in [6.45, 7) is 10.2. The SMILES string of the molecule is COC(C(=O)NC1CCCNC1=O)[C@@H]1OC(C)(C)O[C@H](C=CC(C)(C)C)[C@@H]1O. The second-order valence-corrected chi connectivity index (χ2v) is 8.93. The zero-order valence-electron chi connectivity index (χ0n) is 17.7. The number of carbonyl (C=O) groups excluding carboxylic acids is 2. The van der Waals surface area contributed by atoms with Gasteiger partial charge in [0.1, 0.15) is 24.4 Å². The summed E-state index contributed by atoms with van der Waals surface area (Å²) in [5.41, 5.74) is -0.0899. The third-order valence-electron chi connectivity index (χ3n) is 4.71. The predicted octanol–water partition coefficient (Wildman–Crippen LogP) is 0.880. The summed E-state index contributed by atoms with van der Waals surface area (Å²) in [7, 11) is 1.38. The molecule has 3 N–H and O–H groups in total. The first kappa shape index (κ1) is 22.8. The van der Waals surface area contributed by atoms with Gasteiger partial charge in [-0.1, -0.05) is 32.9 Å². The molecule has 0 aromatic heterocycles. The molecule has 2 fully saturated rings. The fraction of sp³-hybridized carbons (Fsp3) is 0.800. The maximum atomic E-state index is 12.8. The molecule has 2 heterocycles. The topological polar surface area (TPSA) is 106 Å². The van der Waals surface area contributed by atoms with Crippen LogP contribution >= 0.6 is 0 Å². The first-order valence-electron chi connectivity index (χ1n) is 9.77. The Labute approximate surface area is 167 Å². The molecule has 2 aliphatic rings. The Kier molecular flexibility index (Phi) is 7.25. The summed E-state index contributed by atoms with van der Waals surface area (Å²) >= 11 is 0. The van der Waals surface area contributed by atoms with Gasteiger partial charge >= 0.3 is 0 Å². The summed E-state index contributed by atoms with van der Waals surface area (Å²) in [4.78, 5) is 24.7. The van der Waals surface area contributed by atoms with Crippen molar-refractivity contribution in [2.45, 2.75) is 83.7 Å². The summed E-state index contributed by atoms with van der Waals surface area (Å²) in [6.07, 6.45) is 1.30. The summed E-state index contributed by atoms with van der Waals surface area (Å²) < 4.78 is 17.1. The van der Waals surface area contributed by atoms with Gasteiger partial charge in [0.15, 0.2) is 11.9 Å². The van der Waals surface area contributed by atoms with Crippen molar-refractivity contribution in [2.24, 2.45) is 5.41 Å². The average molecular weight is 399 g/mol. The first-order chi connectivity index (χ1) is 12.9. The number of amides is 2. The van der Waals surface area contributed by atoms with Gasteiger partial charge in [0.05, 0.1) is 0 Å². The minimum absolute atomic E-state index is 0.0899. The van der Waals surface area contributed by atoms with Crippen LogP contribution < -0.4 is 10.6 Å². The highest BCUT2D eigenvalue weighted by molar-refractivity contribution is 5.90. The van der Waals surface area contributed by atoms with E-state index in [2.05, 4.69) is 10.6 Å². The van der Waals surface area contributed by atoms with Crippen LogP contribution in [0.5, 0.6) is 0 Å². The quantitative estimate of drug-likeness (QED) is 0.594. The average Bonchev–Trinajstić information content (AvgIpc) is 2.58. The molecule has 0 saturated carbocycles. The van der Waals surface area contributed by atoms with E-state index in [0.717, 1.165) is 6.42 Å². The Hall–Kier alpha value is -1.48. The highest BCUT2D eigenvalue weighted by Crippen LogP contribution is 2.31. The van der Waals surface area contributed by atoms with E-state index in [4.69, 9.17) is 14.2 Å². The molecule has 8 nitrogen and oxygen atoms in total. The summed E-state index contributed by atoms with van der Waals surface area (Å²) in [5, 5.41) is 16.3. The van der Waals surface area contributed by atoms with Crippen LogP contribution in [0.4, 0.5) is 0 Å². The van der Waals surface area contributed by atoms with Crippen molar-refractivity contribution in [3.8, 4) is 0 Å². The lowest BCUT2D eigenvalue weighted by atomic mass is 9.93. The Morgan fingerprint density at radius 3 is 2.64 bits per heavy atom. The highest BCUT2D eigenvalue weighted by atomic mass is 16.7. The van der Waals surface area contributed by atoms with Gasteiger partial charge in [-0.2, -0.15) is 0 Å². The highest BCUT2D eigenvalue weighted by Gasteiger charge is 2.47. The van der Waals surface area contributed by atoms with Crippen molar-refractivity contribution in [3.05, 3.63) is 12.2 Å². The molecule has 2 rings (SSSR count). The van der Waals surface area contributed by atoms with Crippen LogP contribution in [0.3, 0.4) is 0 Å². The molecule has 5 atom stereocenters. The number of rotatable bonds is 5. The van der Waals surface area contributed by atoms with E-state index >= 15 is 0 Å². The molecular weight excluding hydrogens is 364 g/mol. The third-order valence-corrected chi connectivity index (χ3v) is 4.71. The number of methoxy groups -OCH3 is 1. The smallest absolute Gasteiger partial charge is 0.252 e. The molecule has 0 aromatic rings. The van der Waals surface area contributed by atoms with Gasteiger partial charge in [0, 0.05) is 13.7 Å². The van der Waals surface area contributed by atoms with Crippen LogP contribution in [0.1, 0.15) is 47.5 Å². The van der Waals surface area contributed by atoms with Crippen molar-refractivity contribution >= 4 is 11.8 Å². The second kappa shape index (κ2) is 8.90. The standard InChI is InChI=1S/C20H34N2O6/c1-19(2,3)10-9-13-14(23)15(28-20(4,5)27-13)16(26-6)18(25)22-12-8-7-11-21-17(12)24/h9-10,12-16,23H,7-8,11H2,1-6H3,(H,21,24)(H,22,25)/t12?,13-,14+,15-,16?/m1/s1. The number of carbonyl (C=O) groups is 2. The number of aliphatic hydroxyl groups excluding tert-OH is 1. The Morgan fingerprint density at radius 1 is 1.39 bits per heavy atom. The molecular formula is C20H34N2O6. The summed E-state index contributed by atoms with van der Waals surface area (Å²) in [6, 6.07) is -0.611. The van der Waals surface area contributed by atoms with Crippen molar-refractivity contribution in [2.75, 3.05) is 13.7 Å². The van der Waals surface area contributed by atoms with Gasteiger partial charge in [0.2, 0.25) is 5.91 Å². The van der Waals surface area contributed by atoms with Crippen LogP contribution in [0.15, 0.2) is 12.2 Å². The number of hydrogen-bond acceptors (Lipinski definition) is 6. The fourth-order valence-electron chi connectivity index (χ4n) is 3.34.